The van der Waals surface area contributed by atoms with Gasteiger partial charge in [0.25, 0.3) is 0 Å². The van der Waals surface area contributed by atoms with Crippen LogP contribution in [0.4, 0.5) is 10.1 Å². The van der Waals surface area contributed by atoms with Crippen molar-refractivity contribution in [1.82, 2.24) is 0 Å². The lowest BCUT2D eigenvalue weighted by molar-refractivity contribution is 0.629. The summed E-state index contributed by atoms with van der Waals surface area (Å²) in [5.41, 5.74) is 1.10. The maximum atomic E-state index is 13.5. The molecule has 1 aromatic carbocycles. The summed E-state index contributed by atoms with van der Waals surface area (Å²) in [6, 6.07) is 8.74. The van der Waals surface area contributed by atoms with Crippen molar-refractivity contribution in [3.8, 4) is 6.07 Å². The molecule has 1 heterocycles. The minimum absolute atomic E-state index is 0.295. The van der Waals surface area contributed by atoms with E-state index in [-0.39, 0.29) is 5.82 Å². The Morgan fingerprint density at radius 1 is 1.41 bits per heavy atom. The molecule has 0 radical (unpaired) electrons. The molecule has 17 heavy (non-hydrogen) atoms. The number of hydrogen-bond acceptors (Lipinski definition) is 3. The van der Waals surface area contributed by atoms with Crippen molar-refractivity contribution in [2.45, 2.75) is 6.54 Å². The van der Waals surface area contributed by atoms with Crippen LogP contribution >= 0.6 is 27.3 Å². The van der Waals surface area contributed by atoms with Crippen LogP contribution in [0.1, 0.15) is 10.4 Å². The second-order valence-corrected chi connectivity index (χ2v) is 5.30. The lowest BCUT2D eigenvalue weighted by Crippen LogP contribution is -1.99. The van der Waals surface area contributed by atoms with Gasteiger partial charge in [-0.25, -0.2) is 4.39 Å². The molecular weight excluding hydrogens is 303 g/mol. The van der Waals surface area contributed by atoms with E-state index in [0.29, 0.717) is 22.3 Å². The van der Waals surface area contributed by atoms with E-state index in [1.807, 2.05) is 0 Å². The van der Waals surface area contributed by atoms with Crippen LogP contribution in [0.5, 0.6) is 0 Å². The van der Waals surface area contributed by atoms with Crippen molar-refractivity contribution in [2.24, 2.45) is 0 Å². The Labute approximate surface area is 111 Å². The minimum Gasteiger partial charge on any atom is -0.378 e. The predicted molar refractivity (Wildman–Crippen MR) is 70.5 cm³/mol. The van der Waals surface area contributed by atoms with Gasteiger partial charge >= 0.3 is 0 Å². The van der Waals surface area contributed by atoms with Crippen LogP contribution in [0, 0.1) is 17.1 Å². The third-order valence-electron chi connectivity index (χ3n) is 2.17. The van der Waals surface area contributed by atoms with E-state index >= 15 is 0 Å². The largest absolute Gasteiger partial charge is 0.378 e. The van der Waals surface area contributed by atoms with E-state index in [2.05, 4.69) is 27.3 Å². The van der Waals surface area contributed by atoms with E-state index in [9.17, 15) is 4.39 Å². The maximum Gasteiger partial charge on any atom is 0.147 e. The summed E-state index contributed by atoms with van der Waals surface area (Å²) in [5, 5.41) is 13.5. The third-order valence-corrected chi connectivity index (χ3v) is 3.60. The molecule has 0 aliphatic heterocycles. The third kappa shape index (κ3) is 3.05. The normalized spacial score (nSPS) is 9.94. The first-order chi connectivity index (χ1) is 8.19. The van der Waals surface area contributed by atoms with Crippen molar-refractivity contribution in [1.29, 1.82) is 5.26 Å². The van der Waals surface area contributed by atoms with Crippen molar-refractivity contribution in [3.05, 3.63) is 50.4 Å². The van der Waals surface area contributed by atoms with Gasteiger partial charge in [-0.15, -0.1) is 11.3 Å². The van der Waals surface area contributed by atoms with Crippen molar-refractivity contribution in [3.63, 3.8) is 0 Å². The molecule has 0 spiro atoms. The minimum atomic E-state index is -0.295. The molecule has 86 valence electrons. The Balaban J connectivity index is 2.05. The molecule has 0 bridgehead atoms. The average Bonchev–Trinajstić information content (AvgIpc) is 2.76. The number of nitrogens with zero attached hydrogens (tertiary/aromatic N) is 1. The monoisotopic (exact) mass is 310 g/mol. The first kappa shape index (κ1) is 12.1. The standard InChI is InChI=1S/C12H8BrFN2S/c13-9-1-2-12(11(14)4-9)16-6-10-3-8(5-15)7-17-10/h1-4,7,16H,6H2. The van der Waals surface area contributed by atoms with Gasteiger partial charge in [0.15, 0.2) is 0 Å². The van der Waals surface area contributed by atoms with Crippen LogP contribution in [0.25, 0.3) is 0 Å². The number of nitriles is 1. The Kier molecular flexibility index (Phi) is 3.77. The van der Waals surface area contributed by atoms with Gasteiger partial charge in [-0.05, 0) is 24.3 Å². The molecule has 1 N–H and O–H groups in total. The lowest BCUT2D eigenvalue weighted by Gasteiger charge is -2.06. The topological polar surface area (TPSA) is 35.8 Å². The first-order valence-electron chi connectivity index (χ1n) is 4.85. The van der Waals surface area contributed by atoms with Crippen molar-refractivity contribution in [2.75, 3.05) is 5.32 Å². The molecule has 5 heteroatoms. The molecule has 0 fully saturated rings. The molecule has 0 amide bonds. The molecular formula is C12H8BrFN2S. The summed E-state index contributed by atoms with van der Waals surface area (Å²) in [6.45, 7) is 0.519. The van der Waals surface area contributed by atoms with E-state index in [0.717, 1.165) is 4.88 Å². The molecule has 0 aliphatic rings. The Morgan fingerprint density at radius 2 is 2.24 bits per heavy atom. The zero-order chi connectivity index (χ0) is 12.3. The number of halogens is 2. The maximum absolute atomic E-state index is 13.5. The second-order valence-electron chi connectivity index (χ2n) is 3.39. The van der Waals surface area contributed by atoms with Gasteiger partial charge in [0.1, 0.15) is 11.9 Å². The fourth-order valence-electron chi connectivity index (χ4n) is 1.35. The molecule has 0 saturated carbocycles. The second kappa shape index (κ2) is 5.30. The summed E-state index contributed by atoms with van der Waals surface area (Å²) < 4.78 is 14.2. The van der Waals surface area contributed by atoms with Crippen LogP contribution < -0.4 is 5.32 Å². The van der Waals surface area contributed by atoms with Gasteiger partial charge in [-0.3, -0.25) is 0 Å². The molecule has 0 saturated heterocycles. The summed E-state index contributed by atoms with van der Waals surface area (Å²) in [5.74, 6) is -0.295. The molecule has 1 aromatic heterocycles. The summed E-state index contributed by atoms with van der Waals surface area (Å²) in [7, 11) is 0. The zero-order valence-corrected chi connectivity index (χ0v) is 11.1. The number of nitrogens with one attached hydrogen (secondary N) is 1. The van der Waals surface area contributed by atoms with Gasteiger partial charge in [-0.2, -0.15) is 5.26 Å². The van der Waals surface area contributed by atoms with Crippen LogP contribution in [0.3, 0.4) is 0 Å². The number of benzene rings is 1. The van der Waals surface area contributed by atoms with E-state index < -0.39 is 0 Å². The summed E-state index contributed by atoms with van der Waals surface area (Å²) >= 11 is 4.69. The SMILES string of the molecule is N#Cc1csc(CNc2ccc(Br)cc2F)c1. The van der Waals surface area contributed by atoms with Gasteiger partial charge in [0, 0.05) is 21.3 Å². The molecule has 2 aromatic rings. The van der Waals surface area contributed by atoms with E-state index in [1.54, 1.807) is 23.6 Å². The van der Waals surface area contributed by atoms with Crippen LogP contribution in [-0.4, -0.2) is 0 Å². The van der Waals surface area contributed by atoms with Gasteiger partial charge in [0.05, 0.1) is 11.3 Å². The highest BCUT2D eigenvalue weighted by Crippen LogP contribution is 2.21. The van der Waals surface area contributed by atoms with Gasteiger partial charge < -0.3 is 5.32 Å². The highest BCUT2D eigenvalue weighted by atomic mass is 79.9. The molecule has 2 nitrogen and oxygen atoms in total. The lowest BCUT2D eigenvalue weighted by atomic mass is 10.3. The van der Waals surface area contributed by atoms with Crippen LogP contribution in [0.15, 0.2) is 34.1 Å². The van der Waals surface area contributed by atoms with E-state index in [1.165, 1.54) is 17.4 Å². The smallest absolute Gasteiger partial charge is 0.147 e. The van der Waals surface area contributed by atoms with Gasteiger partial charge in [-0.1, -0.05) is 15.9 Å². The molecule has 0 unspecified atom stereocenters. The Morgan fingerprint density at radius 3 is 2.88 bits per heavy atom. The predicted octanol–water partition coefficient (Wildman–Crippen LogP) is 4.13. The van der Waals surface area contributed by atoms with Crippen LogP contribution in [0.2, 0.25) is 0 Å². The van der Waals surface area contributed by atoms with Crippen molar-refractivity contribution < 1.29 is 4.39 Å². The molecule has 0 aliphatic carbocycles. The quantitative estimate of drug-likeness (QED) is 0.925. The fourth-order valence-corrected chi connectivity index (χ4v) is 2.43. The van der Waals surface area contributed by atoms with Crippen molar-refractivity contribution >= 4 is 33.0 Å². The van der Waals surface area contributed by atoms with Crippen LogP contribution in [-0.2, 0) is 6.54 Å². The number of thiophene rings is 1. The summed E-state index contributed by atoms with van der Waals surface area (Å²) in [6.07, 6.45) is 0. The average molecular weight is 311 g/mol. The molecule has 0 atom stereocenters. The number of rotatable bonds is 3. The highest BCUT2D eigenvalue weighted by molar-refractivity contribution is 9.10. The first-order valence-corrected chi connectivity index (χ1v) is 6.53. The van der Waals surface area contributed by atoms with E-state index in [4.69, 9.17) is 5.26 Å². The fraction of sp³-hybridized carbons (Fsp3) is 0.0833. The van der Waals surface area contributed by atoms with Gasteiger partial charge in [0.2, 0.25) is 0 Å². The zero-order valence-electron chi connectivity index (χ0n) is 8.71. The molecule has 2 rings (SSSR count). The number of anilines is 1. The Hall–Kier alpha value is -1.38. The highest BCUT2D eigenvalue weighted by Gasteiger charge is 2.03. The Bertz CT molecular complexity index is 574. The number of hydrogen-bond donors (Lipinski definition) is 1. The summed E-state index contributed by atoms with van der Waals surface area (Å²) in [4.78, 5) is 1.00.